The normalized spacial score (nSPS) is 22.0. The first-order valence-corrected chi connectivity index (χ1v) is 14.5. The number of rotatable bonds is 6. The van der Waals surface area contributed by atoms with Gasteiger partial charge in [0.25, 0.3) is 0 Å². The minimum absolute atomic E-state index is 0.0743. The van der Waals surface area contributed by atoms with Gasteiger partial charge in [-0.1, -0.05) is 36.4 Å². The van der Waals surface area contributed by atoms with Crippen LogP contribution in [-0.2, 0) is 17.7 Å². The van der Waals surface area contributed by atoms with Crippen molar-refractivity contribution in [2.24, 2.45) is 0 Å². The van der Waals surface area contributed by atoms with Crippen molar-refractivity contribution in [2.45, 2.75) is 50.9 Å². The van der Waals surface area contributed by atoms with Gasteiger partial charge >= 0.3 is 12.1 Å². The van der Waals surface area contributed by atoms with E-state index in [1.807, 2.05) is 0 Å². The van der Waals surface area contributed by atoms with Gasteiger partial charge in [-0.05, 0) is 31.7 Å². The number of anilines is 2. The second-order valence-electron chi connectivity index (χ2n) is 11.9. The van der Waals surface area contributed by atoms with Gasteiger partial charge in [0.1, 0.15) is 18.5 Å². The predicted octanol–water partition coefficient (Wildman–Crippen LogP) is 3.42. The van der Waals surface area contributed by atoms with Gasteiger partial charge < -0.3 is 34.6 Å². The highest BCUT2D eigenvalue weighted by Gasteiger charge is 2.34. The van der Waals surface area contributed by atoms with Crippen LogP contribution in [-0.4, -0.2) is 89.7 Å². The lowest BCUT2D eigenvalue weighted by atomic mass is 10.0. The summed E-state index contributed by atoms with van der Waals surface area (Å²) in [6, 6.07) is 16.8. The van der Waals surface area contributed by atoms with Crippen molar-refractivity contribution in [3.63, 3.8) is 0 Å². The molecule has 2 unspecified atom stereocenters. The standard InChI is InChI=1S/C31H37N7O4/c1-31(2)20-42-23(16-33-31)19-41-29-34-26-18-36(27-9-5-7-21-6-3-4-8-24(21)27)13-11-25(26)28(35-29)37-14-15-38(30(39)40)22(17-37)10-12-32/h3-9,22-23,33H,10-11,13-20H2,1-2H3,(H,39,40). The number of benzene rings is 2. The van der Waals surface area contributed by atoms with Gasteiger partial charge in [0.2, 0.25) is 0 Å². The van der Waals surface area contributed by atoms with Crippen molar-refractivity contribution >= 4 is 28.4 Å². The van der Waals surface area contributed by atoms with Gasteiger partial charge in [-0.3, -0.25) is 0 Å². The van der Waals surface area contributed by atoms with Crippen molar-refractivity contribution < 1.29 is 19.4 Å². The number of nitrogens with zero attached hydrogens (tertiary/aromatic N) is 6. The SMILES string of the molecule is CC1(C)COC(COc2nc3c(c(N4CCN(C(=O)O)C(CC#N)C4)n2)CCN(c2cccc4ccccc24)C3)CN1. The maximum Gasteiger partial charge on any atom is 0.407 e. The predicted molar refractivity (Wildman–Crippen MR) is 159 cm³/mol. The average Bonchev–Trinajstić information content (AvgIpc) is 2.99. The number of piperazine rings is 1. The highest BCUT2D eigenvalue weighted by molar-refractivity contribution is 5.94. The molecule has 3 aliphatic heterocycles. The number of ether oxygens (including phenoxy) is 2. The number of carboxylic acid groups (broad SMARTS) is 1. The van der Waals surface area contributed by atoms with Gasteiger partial charge in [-0.2, -0.15) is 15.2 Å². The van der Waals surface area contributed by atoms with Gasteiger partial charge in [0.05, 0.1) is 37.4 Å². The van der Waals surface area contributed by atoms with Gasteiger partial charge in [0.15, 0.2) is 0 Å². The Morgan fingerprint density at radius 2 is 2.00 bits per heavy atom. The molecule has 2 fully saturated rings. The maximum absolute atomic E-state index is 11.8. The van der Waals surface area contributed by atoms with Crippen LogP contribution in [0, 0.1) is 11.3 Å². The fourth-order valence-electron chi connectivity index (χ4n) is 6.08. The Morgan fingerprint density at radius 3 is 2.79 bits per heavy atom. The molecule has 4 heterocycles. The zero-order valence-electron chi connectivity index (χ0n) is 24.1. The zero-order chi connectivity index (χ0) is 29.3. The number of hydrogen-bond donors (Lipinski definition) is 2. The Bertz CT molecular complexity index is 1490. The molecule has 0 bridgehead atoms. The van der Waals surface area contributed by atoms with Crippen LogP contribution < -0.4 is 19.9 Å². The molecule has 6 rings (SSSR count). The molecule has 11 nitrogen and oxygen atoms in total. The molecule has 11 heteroatoms. The van der Waals surface area contributed by atoms with Crippen LogP contribution in [0.1, 0.15) is 31.5 Å². The van der Waals surface area contributed by atoms with Crippen LogP contribution in [0.3, 0.4) is 0 Å². The Kier molecular flexibility index (Phi) is 7.75. The van der Waals surface area contributed by atoms with E-state index in [0.29, 0.717) is 45.9 Å². The first kappa shape index (κ1) is 28.0. The van der Waals surface area contributed by atoms with E-state index in [9.17, 15) is 15.2 Å². The van der Waals surface area contributed by atoms with Gasteiger partial charge in [-0.25, -0.2) is 4.79 Å². The molecule has 3 aliphatic rings. The third-order valence-corrected chi connectivity index (χ3v) is 8.37. The van der Waals surface area contributed by atoms with Crippen LogP contribution in [0.4, 0.5) is 16.3 Å². The number of carbonyl (C=O) groups is 1. The van der Waals surface area contributed by atoms with Crippen molar-refractivity contribution in [1.82, 2.24) is 20.2 Å². The number of nitrogens with one attached hydrogen (secondary N) is 1. The topological polar surface area (TPSA) is 127 Å². The van der Waals surface area contributed by atoms with E-state index in [2.05, 4.69) is 77.5 Å². The first-order valence-electron chi connectivity index (χ1n) is 14.5. The van der Waals surface area contributed by atoms with E-state index < -0.39 is 12.1 Å². The quantitative estimate of drug-likeness (QED) is 0.454. The highest BCUT2D eigenvalue weighted by Crippen LogP contribution is 2.35. The lowest BCUT2D eigenvalue weighted by molar-refractivity contribution is -0.0425. The maximum atomic E-state index is 11.8. The zero-order valence-corrected chi connectivity index (χ0v) is 24.1. The Morgan fingerprint density at radius 1 is 1.17 bits per heavy atom. The summed E-state index contributed by atoms with van der Waals surface area (Å²) >= 11 is 0. The smallest absolute Gasteiger partial charge is 0.407 e. The summed E-state index contributed by atoms with van der Waals surface area (Å²) in [6.07, 6.45) is -0.261. The summed E-state index contributed by atoms with van der Waals surface area (Å²) in [5.74, 6) is 0.768. The van der Waals surface area contributed by atoms with Crippen LogP contribution in [0.5, 0.6) is 6.01 Å². The van der Waals surface area contributed by atoms with Crippen LogP contribution >= 0.6 is 0 Å². The molecule has 2 aromatic carbocycles. The first-order chi connectivity index (χ1) is 20.3. The summed E-state index contributed by atoms with van der Waals surface area (Å²) in [6.45, 7) is 8.36. The number of amides is 1. The van der Waals surface area contributed by atoms with Crippen molar-refractivity contribution in [1.29, 1.82) is 5.26 Å². The molecule has 0 aliphatic carbocycles. The lowest BCUT2D eigenvalue weighted by Gasteiger charge is -2.41. The molecular weight excluding hydrogens is 534 g/mol. The van der Waals surface area contributed by atoms with Gasteiger partial charge in [-0.15, -0.1) is 0 Å². The molecule has 2 saturated heterocycles. The fourth-order valence-corrected chi connectivity index (χ4v) is 6.08. The Balaban J connectivity index is 1.30. The number of aromatic nitrogens is 2. The molecule has 2 atom stereocenters. The molecular formula is C31H37N7O4. The number of nitriles is 1. The fraction of sp³-hybridized carbons (Fsp3) is 0.484. The molecule has 1 amide bonds. The lowest BCUT2D eigenvalue weighted by Crippen LogP contribution is -2.55. The molecule has 1 aromatic heterocycles. The van der Waals surface area contributed by atoms with Crippen LogP contribution in [0.25, 0.3) is 10.8 Å². The number of morpholine rings is 1. The van der Waals surface area contributed by atoms with Crippen LogP contribution in [0.2, 0.25) is 0 Å². The third-order valence-electron chi connectivity index (χ3n) is 8.37. The van der Waals surface area contributed by atoms with E-state index in [0.717, 1.165) is 35.7 Å². The van der Waals surface area contributed by atoms with E-state index in [1.54, 1.807) is 0 Å². The van der Waals surface area contributed by atoms with E-state index in [4.69, 9.17) is 19.4 Å². The highest BCUT2D eigenvalue weighted by atomic mass is 16.5. The molecule has 42 heavy (non-hydrogen) atoms. The van der Waals surface area contributed by atoms with E-state index in [1.165, 1.54) is 15.7 Å². The van der Waals surface area contributed by atoms with E-state index in [-0.39, 0.29) is 24.1 Å². The summed E-state index contributed by atoms with van der Waals surface area (Å²) in [5.41, 5.74) is 3.04. The summed E-state index contributed by atoms with van der Waals surface area (Å²) < 4.78 is 12.2. The van der Waals surface area contributed by atoms with Crippen LogP contribution in [0.15, 0.2) is 42.5 Å². The monoisotopic (exact) mass is 571 g/mol. The Labute approximate surface area is 245 Å². The second kappa shape index (κ2) is 11.6. The number of hydrogen-bond acceptors (Lipinski definition) is 9. The molecule has 3 aromatic rings. The minimum Gasteiger partial charge on any atom is -0.465 e. The number of fused-ring (bicyclic) bond motifs is 2. The summed E-state index contributed by atoms with van der Waals surface area (Å²) in [7, 11) is 0. The molecule has 0 saturated carbocycles. The van der Waals surface area contributed by atoms with Crippen molar-refractivity contribution in [3.8, 4) is 12.1 Å². The Hall–Kier alpha value is -4.14. The second-order valence-corrected chi connectivity index (χ2v) is 11.9. The largest absolute Gasteiger partial charge is 0.465 e. The molecule has 0 radical (unpaired) electrons. The molecule has 220 valence electrons. The minimum atomic E-state index is -1.00. The van der Waals surface area contributed by atoms with Crippen molar-refractivity contribution in [3.05, 3.63) is 53.7 Å². The van der Waals surface area contributed by atoms with E-state index >= 15 is 0 Å². The summed E-state index contributed by atoms with van der Waals surface area (Å²) in [4.78, 5) is 27.4. The third kappa shape index (κ3) is 5.78. The molecule has 0 spiro atoms. The average molecular weight is 572 g/mol. The molecule has 2 N–H and O–H groups in total. The summed E-state index contributed by atoms with van der Waals surface area (Å²) in [5, 5.41) is 25.0. The van der Waals surface area contributed by atoms with Crippen molar-refractivity contribution in [2.75, 3.05) is 55.7 Å². The van der Waals surface area contributed by atoms with Gasteiger partial charge in [0, 0.05) is 54.9 Å².